The maximum atomic E-state index is 12.4. The Labute approximate surface area is 87.8 Å². The summed E-state index contributed by atoms with van der Waals surface area (Å²) >= 11 is 0. The van der Waals surface area contributed by atoms with Gasteiger partial charge in [-0.1, -0.05) is 0 Å². The number of carbonyl (C=O) groups excluding carboxylic acids is 1. The van der Waals surface area contributed by atoms with Crippen molar-refractivity contribution in [2.75, 3.05) is 5.43 Å². The van der Waals surface area contributed by atoms with Gasteiger partial charge in [0.25, 0.3) is 5.91 Å². The van der Waals surface area contributed by atoms with E-state index in [-0.39, 0.29) is 5.69 Å². The molecule has 1 rings (SSSR count). The Hall–Kier alpha value is -1.87. The average molecular weight is 235 g/mol. The highest BCUT2D eigenvalue weighted by atomic mass is 19.4. The van der Waals surface area contributed by atoms with E-state index in [0.29, 0.717) is 6.20 Å². The molecule has 1 amide bonds. The summed E-state index contributed by atoms with van der Waals surface area (Å²) in [5.74, 6) is 8.91. The van der Waals surface area contributed by atoms with Gasteiger partial charge in [-0.15, -0.1) is 0 Å². The van der Waals surface area contributed by atoms with Crippen LogP contribution in [0.25, 0.3) is 0 Å². The molecule has 0 saturated carbocycles. The molecule has 0 fully saturated rings. The Morgan fingerprint density at radius 3 is 2.44 bits per heavy atom. The van der Waals surface area contributed by atoms with Crippen molar-refractivity contribution in [2.24, 2.45) is 11.7 Å². The van der Waals surface area contributed by atoms with E-state index in [4.69, 9.17) is 11.7 Å². The maximum absolute atomic E-state index is 12.4. The molecular weight excluding hydrogens is 227 g/mol. The minimum atomic E-state index is -4.60. The fraction of sp³-hybridized carbons (Fsp3) is 0.143. The van der Waals surface area contributed by atoms with Crippen LogP contribution in [0.3, 0.4) is 0 Å². The lowest BCUT2D eigenvalue weighted by atomic mass is 10.2. The fourth-order valence-electron chi connectivity index (χ4n) is 0.999. The molecule has 0 spiro atoms. The van der Waals surface area contributed by atoms with Crippen molar-refractivity contribution in [1.82, 2.24) is 10.4 Å². The third-order valence-corrected chi connectivity index (χ3v) is 1.73. The van der Waals surface area contributed by atoms with Crippen molar-refractivity contribution in [3.8, 4) is 0 Å². The van der Waals surface area contributed by atoms with Crippen LogP contribution >= 0.6 is 0 Å². The van der Waals surface area contributed by atoms with Crippen LogP contribution in [-0.2, 0) is 6.18 Å². The van der Waals surface area contributed by atoms with E-state index in [9.17, 15) is 18.0 Å². The predicted molar refractivity (Wildman–Crippen MR) is 48.7 cm³/mol. The number of rotatable bonds is 2. The monoisotopic (exact) mass is 235 g/mol. The van der Waals surface area contributed by atoms with Crippen LogP contribution in [0, 0.1) is 0 Å². The number of halogens is 3. The third-order valence-electron chi connectivity index (χ3n) is 1.73. The molecule has 1 aromatic rings. The largest absolute Gasteiger partial charge is 0.419 e. The van der Waals surface area contributed by atoms with Gasteiger partial charge in [-0.2, -0.15) is 13.2 Å². The van der Waals surface area contributed by atoms with Crippen LogP contribution in [0.1, 0.15) is 16.1 Å². The summed E-state index contributed by atoms with van der Waals surface area (Å²) in [6.45, 7) is 0. The molecule has 0 aliphatic heterocycles. The van der Waals surface area contributed by atoms with Crippen LogP contribution < -0.4 is 22.5 Å². The summed E-state index contributed by atoms with van der Waals surface area (Å²) in [6, 6.07) is 0.852. The second-order valence-electron chi connectivity index (χ2n) is 2.73. The lowest BCUT2D eigenvalue weighted by molar-refractivity contribution is -0.137. The number of nitrogen functional groups attached to an aromatic ring is 2. The Morgan fingerprint density at radius 2 is 2.00 bits per heavy atom. The molecule has 6 nitrogen and oxygen atoms in total. The average Bonchev–Trinajstić information content (AvgIpc) is 2.25. The second-order valence-corrected chi connectivity index (χ2v) is 2.73. The van der Waals surface area contributed by atoms with Gasteiger partial charge in [0.2, 0.25) is 0 Å². The van der Waals surface area contributed by atoms with Gasteiger partial charge in [0, 0.05) is 6.20 Å². The van der Waals surface area contributed by atoms with E-state index in [1.165, 1.54) is 0 Å². The van der Waals surface area contributed by atoms with Crippen LogP contribution in [0.2, 0.25) is 0 Å². The smallest absolute Gasteiger partial charge is 0.323 e. The number of amides is 1. The summed E-state index contributed by atoms with van der Waals surface area (Å²) in [6.07, 6.45) is -4.10. The van der Waals surface area contributed by atoms with Crippen LogP contribution in [0.4, 0.5) is 18.9 Å². The van der Waals surface area contributed by atoms with Gasteiger partial charge in [-0.3, -0.25) is 21.0 Å². The van der Waals surface area contributed by atoms with Crippen LogP contribution in [0.5, 0.6) is 0 Å². The quantitative estimate of drug-likeness (QED) is 0.327. The molecule has 0 unspecified atom stereocenters. The zero-order valence-electron chi connectivity index (χ0n) is 7.80. The minimum Gasteiger partial charge on any atom is -0.323 e. The van der Waals surface area contributed by atoms with E-state index in [1.807, 2.05) is 5.43 Å². The van der Waals surface area contributed by atoms with Gasteiger partial charge in [-0.05, 0) is 6.07 Å². The molecule has 6 N–H and O–H groups in total. The van der Waals surface area contributed by atoms with E-state index >= 15 is 0 Å². The van der Waals surface area contributed by atoms with E-state index < -0.39 is 23.3 Å². The van der Waals surface area contributed by atoms with Crippen molar-refractivity contribution < 1.29 is 18.0 Å². The van der Waals surface area contributed by atoms with Crippen molar-refractivity contribution in [3.63, 3.8) is 0 Å². The number of hydrazine groups is 2. The maximum Gasteiger partial charge on any atom is 0.419 e. The zero-order chi connectivity index (χ0) is 12.3. The Balaban J connectivity index is 3.22. The number of nitrogens with zero attached hydrogens (tertiary/aromatic N) is 1. The van der Waals surface area contributed by atoms with Crippen LogP contribution in [0.15, 0.2) is 12.3 Å². The lowest BCUT2D eigenvalue weighted by Crippen LogP contribution is -2.31. The van der Waals surface area contributed by atoms with Gasteiger partial charge < -0.3 is 5.43 Å². The van der Waals surface area contributed by atoms with E-state index in [0.717, 1.165) is 6.07 Å². The standard InChI is InChI=1S/C7H8F3N5O/c8-7(9,10)3-2-13-5(6(16)15-12)1-4(3)14-11/h1-2H,11-12H2,(H,13,14)(H,15,16). The lowest BCUT2D eigenvalue weighted by Gasteiger charge is -2.12. The number of carbonyl (C=O) groups is 1. The molecule has 88 valence electrons. The van der Waals surface area contributed by atoms with E-state index in [2.05, 4.69) is 4.98 Å². The number of nitrogens with one attached hydrogen (secondary N) is 2. The number of nitrogens with two attached hydrogens (primary N) is 2. The first-order chi connectivity index (χ1) is 7.40. The molecule has 16 heavy (non-hydrogen) atoms. The van der Waals surface area contributed by atoms with Gasteiger partial charge in [0.1, 0.15) is 5.69 Å². The molecule has 9 heteroatoms. The van der Waals surface area contributed by atoms with Crippen LogP contribution in [-0.4, -0.2) is 10.9 Å². The normalized spacial score (nSPS) is 11.1. The molecule has 0 aliphatic carbocycles. The highest BCUT2D eigenvalue weighted by molar-refractivity contribution is 5.92. The minimum absolute atomic E-state index is 0.275. The fourth-order valence-corrected chi connectivity index (χ4v) is 0.999. The SMILES string of the molecule is NNC(=O)c1cc(NN)c(C(F)(F)F)cn1. The first-order valence-corrected chi connectivity index (χ1v) is 3.95. The molecule has 0 aromatic carbocycles. The number of pyridine rings is 1. The van der Waals surface area contributed by atoms with Crippen molar-refractivity contribution in [3.05, 3.63) is 23.5 Å². The summed E-state index contributed by atoms with van der Waals surface area (Å²) in [5.41, 5.74) is 1.78. The highest BCUT2D eigenvalue weighted by Gasteiger charge is 2.34. The van der Waals surface area contributed by atoms with Crippen molar-refractivity contribution in [1.29, 1.82) is 0 Å². The van der Waals surface area contributed by atoms with Gasteiger partial charge in [0.05, 0.1) is 11.3 Å². The molecule has 0 bridgehead atoms. The van der Waals surface area contributed by atoms with Gasteiger partial charge >= 0.3 is 6.18 Å². The molecule has 0 saturated heterocycles. The number of alkyl halides is 3. The third kappa shape index (κ3) is 2.38. The highest BCUT2D eigenvalue weighted by Crippen LogP contribution is 2.34. The predicted octanol–water partition coefficient (Wildman–Crippen LogP) is -0.0105. The molecule has 1 aromatic heterocycles. The molecule has 0 aliphatic rings. The number of aromatic nitrogens is 1. The van der Waals surface area contributed by atoms with Crippen molar-refractivity contribution in [2.45, 2.75) is 6.18 Å². The second kappa shape index (κ2) is 4.33. The first kappa shape index (κ1) is 12.2. The number of hydrogen-bond acceptors (Lipinski definition) is 5. The Morgan fingerprint density at radius 1 is 1.38 bits per heavy atom. The molecular formula is C7H8F3N5O. The van der Waals surface area contributed by atoms with Crippen molar-refractivity contribution >= 4 is 11.6 Å². The van der Waals surface area contributed by atoms with E-state index in [1.54, 1.807) is 5.43 Å². The summed E-state index contributed by atoms with van der Waals surface area (Å²) in [7, 11) is 0. The Bertz CT molecular complexity index is 405. The summed E-state index contributed by atoms with van der Waals surface area (Å²) < 4.78 is 37.2. The summed E-state index contributed by atoms with van der Waals surface area (Å²) in [4.78, 5) is 14.3. The van der Waals surface area contributed by atoms with Gasteiger partial charge in [0.15, 0.2) is 0 Å². The summed E-state index contributed by atoms with van der Waals surface area (Å²) in [5, 5.41) is 0. The zero-order valence-corrected chi connectivity index (χ0v) is 7.80. The molecule has 0 atom stereocenters. The first-order valence-electron chi connectivity index (χ1n) is 3.95. The number of hydrogen-bond donors (Lipinski definition) is 4. The molecule has 0 radical (unpaired) electrons. The van der Waals surface area contributed by atoms with Gasteiger partial charge in [-0.25, -0.2) is 5.84 Å². The number of anilines is 1. The molecule has 1 heterocycles. The Kier molecular flexibility index (Phi) is 3.30. The topological polar surface area (TPSA) is 106 Å².